The average Bonchev–Trinajstić information content (AvgIpc) is 2.17. The first-order valence-electron chi connectivity index (χ1n) is 6.18. The van der Waals surface area contributed by atoms with E-state index in [9.17, 15) is 14.7 Å². The third kappa shape index (κ3) is 4.02. The summed E-state index contributed by atoms with van der Waals surface area (Å²) < 4.78 is 0. The van der Waals surface area contributed by atoms with Gasteiger partial charge in [0.25, 0.3) is 0 Å². The monoisotopic (exact) mass is 244 g/mol. The van der Waals surface area contributed by atoms with E-state index in [1.54, 1.807) is 13.8 Å². The zero-order chi connectivity index (χ0) is 13.7. The Hall–Kier alpha value is -1.06. The molecule has 0 amide bonds. The van der Waals surface area contributed by atoms with Crippen molar-refractivity contribution < 1.29 is 19.8 Å². The van der Waals surface area contributed by atoms with E-state index in [4.69, 9.17) is 5.11 Å². The molecule has 0 atom stereocenters. The highest BCUT2D eigenvalue weighted by Gasteiger charge is 2.44. The third-order valence-electron chi connectivity index (χ3n) is 3.27. The van der Waals surface area contributed by atoms with Crippen molar-refractivity contribution in [3.05, 3.63) is 0 Å². The van der Waals surface area contributed by atoms with Crippen molar-refractivity contribution in [3.63, 3.8) is 0 Å². The molecule has 0 aliphatic heterocycles. The maximum absolute atomic E-state index is 11.5. The minimum Gasteiger partial charge on any atom is -0.481 e. The van der Waals surface area contributed by atoms with E-state index in [0.29, 0.717) is 12.8 Å². The Balaban J connectivity index is 5.16. The second-order valence-corrected chi connectivity index (χ2v) is 5.45. The molecule has 0 aromatic heterocycles. The highest BCUT2D eigenvalue weighted by molar-refractivity contribution is 5.78. The fourth-order valence-electron chi connectivity index (χ4n) is 2.47. The van der Waals surface area contributed by atoms with E-state index in [1.807, 2.05) is 13.8 Å². The number of hydrogen-bond acceptors (Lipinski definition) is 2. The molecule has 0 saturated heterocycles. The lowest BCUT2D eigenvalue weighted by Gasteiger charge is -2.34. The van der Waals surface area contributed by atoms with Crippen LogP contribution in [0.2, 0.25) is 0 Å². The summed E-state index contributed by atoms with van der Waals surface area (Å²) in [7, 11) is 0. The Morgan fingerprint density at radius 3 is 1.59 bits per heavy atom. The van der Waals surface area contributed by atoms with Gasteiger partial charge in [-0.3, -0.25) is 9.59 Å². The predicted octanol–water partition coefficient (Wildman–Crippen LogP) is 3.16. The van der Waals surface area contributed by atoms with E-state index in [0.717, 1.165) is 12.8 Å². The Morgan fingerprint density at radius 2 is 1.35 bits per heavy atom. The van der Waals surface area contributed by atoms with Gasteiger partial charge in [-0.05, 0) is 33.1 Å². The third-order valence-corrected chi connectivity index (χ3v) is 3.27. The number of carboxylic acid groups (broad SMARTS) is 2. The molecule has 0 rings (SSSR count). The van der Waals surface area contributed by atoms with Gasteiger partial charge in [0.05, 0.1) is 10.8 Å². The highest BCUT2D eigenvalue weighted by atomic mass is 16.4. The smallest absolute Gasteiger partial charge is 0.309 e. The summed E-state index contributed by atoms with van der Waals surface area (Å²) in [5.41, 5.74) is -1.89. The van der Waals surface area contributed by atoms with Crippen LogP contribution in [0.1, 0.15) is 59.8 Å². The molecule has 0 bridgehead atoms. The Labute approximate surface area is 103 Å². The lowest BCUT2D eigenvalue weighted by molar-refractivity contribution is -0.157. The highest BCUT2D eigenvalue weighted by Crippen LogP contribution is 2.41. The van der Waals surface area contributed by atoms with Crippen LogP contribution in [0.4, 0.5) is 0 Å². The molecule has 0 aliphatic carbocycles. The van der Waals surface area contributed by atoms with Gasteiger partial charge >= 0.3 is 11.9 Å². The van der Waals surface area contributed by atoms with Gasteiger partial charge in [-0.25, -0.2) is 0 Å². The fraction of sp³-hybridized carbons (Fsp3) is 0.846. The van der Waals surface area contributed by atoms with E-state index in [1.165, 1.54) is 0 Å². The SMILES string of the molecule is CCCC(CCC)(CC(C)(C)C(=O)O)C(=O)O. The molecule has 4 heteroatoms. The summed E-state index contributed by atoms with van der Waals surface area (Å²) in [5.74, 6) is -1.80. The molecular formula is C13H24O4. The van der Waals surface area contributed by atoms with Crippen molar-refractivity contribution in [2.24, 2.45) is 10.8 Å². The topological polar surface area (TPSA) is 74.6 Å². The van der Waals surface area contributed by atoms with Crippen molar-refractivity contribution >= 4 is 11.9 Å². The molecule has 100 valence electrons. The fourth-order valence-corrected chi connectivity index (χ4v) is 2.47. The zero-order valence-corrected chi connectivity index (χ0v) is 11.2. The molecule has 0 heterocycles. The lowest BCUT2D eigenvalue weighted by Crippen LogP contribution is -2.39. The van der Waals surface area contributed by atoms with Crippen LogP contribution in [-0.2, 0) is 9.59 Å². The Bertz CT molecular complexity index is 275. The van der Waals surface area contributed by atoms with Crippen molar-refractivity contribution in [3.8, 4) is 0 Å². The van der Waals surface area contributed by atoms with E-state index < -0.39 is 22.8 Å². The van der Waals surface area contributed by atoms with Crippen LogP contribution in [0.3, 0.4) is 0 Å². The standard InChI is InChI=1S/C13H24O4/c1-5-7-13(8-6-2,11(16)17)9-12(3,4)10(14)15/h5-9H2,1-4H3,(H,14,15)(H,16,17). The van der Waals surface area contributed by atoms with Crippen LogP contribution < -0.4 is 0 Å². The first-order chi connectivity index (χ1) is 7.72. The van der Waals surface area contributed by atoms with Crippen LogP contribution in [0.5, 0.6) is 0 Å². The number of hydrogen-bond donors (Lipinski definition) is 2. The van der Waals surface area contributed by atoms with Gasteiger partial charge in [0, 0.05) is 0 Å². The second kappa shape index (κ2) is 6.03. The van der Waals surface area contributed by atoms with Crippen LogP contribution in [0.15, 0.2) is 0 Å². The number of carboxylic acids is 2. The van der Waals surface area contributed by atoms with Crippen LogP contribution in [0, 0.1) is 10.8 Å². The number of carbonyl (C=O) groups is 2. The van der Waals surface area contributed by atoms with Crippen LogP contribution in [0.25, 0.3) is 0 Å². The molecule has 0 aliphatic rings. The molecular weight excluding hydrogens is 220 g/mol. The molecule has 0 saturated carbocycles. The largest absolute Gasteiger partial charge is 0.481 e. The van der Waals surface area contributed by atoms with Crippen molar-refractivity contribution in [2.75, 3.05) is 0 Å². The van der Waals surface area contributed by atoms with Crippen molar-refractivity contribution in [2.45, 2.75) is 59.8 Å². The Morgan fingerprint density at radius 1 is 0.941 bits per heavy atom. The van der Waals surface area contributed by atoms with Gasteiger partial charge in [0.1, 0.15) is 0 Å². The summed E-state index contributed by atoms with van der Waals surface area (Å²) in [5, 5.41) is 18.6. The lowest BCUT2D eigenvalue weighted by atomic mass is 9.68. The minimum absolute atomic E-state index is 0.187. The number of aliphatic carboxylic acids is 2. The molecule has 0 aromatic rings. The minimum atomic E-state index is -0.997. The first-order valence-corrected chi connectivity index (χ1v) is 6.18. The van der Waals surface area contributed by atoms with Gasteiger partial charge < -0.3 is 10.2 Å². The van der Waals surface area contributed by atoms with Gasteiger partial charge in [-0.1, -0.05) is 26.7 Å². The molecule has 0 fully saturated rings. The van der Waals surface area contributed by atoms with E-state index in [2.05, 4.69) is 0 Å². The first kappa shape index (κ1) is 15.9. The van der Waals surface area contributed by atoms with Gasteiger partial charge in [0.2, 0.25) is 0 Å². The summed E-state index contributed by atoms with van der Waals surface area (Å²) in [4.78, 5) is 22.6. The van der Waals surface area contributed by atoms with Crippen LogP contribution >= 0.6 is 0 Å². The maximum Gasteiger partial charge on any atom is 0.309 e. The summed E-state index contributed by atoms with van der Waals surface area (Å²) in [6.45, 7) is 7.05. The molecule has 4 nitrogen and oxygen atoms in total. The molecule has 0 aromatic carbocycles. The zero-order valence-electron chi connectivity index (χ0n) is 11.2. The quantitative estimate of drug-likeness (QED) is 0.687. The number of rotatable bonds is 8. The molecule has 0 unspecified atom stereocenters. The van der Waals surface area contributed by atoms with Gasteiger partial charge in [-0.2, -0.15) is 0 Å². The predicted molar refractivity (Wildman–Crippen MR) is 65.9 cm³/mol. The average molecular weight is 244 g/mol. The molecule has 0 radical (unpaired) electrons. The Kier molecular flexibility index (Phi) is 5.66. The molecule has 2 N–H and O–H groups in total. The summed E-state index contributed by atoms with van der Waals surface area (Å²) in [6.07, 6.45) is 2.76. The molecule has 0 spiro atoms. The molecule has 17 heavy (non-hydrogen) atoms. The normalized spacial score (nSPS) is 12.5. The van der Waals surface area contributed by atoms with Gasteiger partial charge in [-0.15, -0.1) is 0 Å². The van der Waals surface area contributed by atoms with E-state index >= 15 is 0 Å². The van der Waals surface area contributed by atoms with Crippen molar-refractivity contribution in [1.82, 2.24) is 0 Å². The maximum atomic E-state index is 11.5. The van der Waals surface area contributed by atoms with Gasteiger partial charge in [0.15, 0.2) is 0 Å². The second-order valence-electron chi connectivity index (χ2n) is 5.45. The van der Waals surface area contributed by atoms with Crippen LogP contribution in [-0.4, -0.2) is 22.2 Å². The van der Waals surface area contributed by atoms with Crippen molar-refractivity contribution in [1.29, 1.82) is 0 Å². The summed E-state index contributed by atoms with van der Waals surface area (Å²) in [6, 6.07) is 0. The summed E-state index contributed by atoms with van der Waals surface area (Å²) >= 11 is 0. The van der Waals surface area contributed by atoms with E-state index in [-0.39, 0.29) is 6.42 Å².